The number of carbonyl (C=O) groups is 3. The standard InChI is InChI=1S/C10H19N3O4/c1-10(2,8(15)16)6-13-9(17)12-5-3-4-7(11)14/h3-6H2,1-2H3,(H2,11,14)(H,15,16)(H2,12,13,17). The first kappa shape index (κ1) is 15.2. The van der Waals surface area contributed by atoms with Crippen molar-refractivity contribution in [1.82, 2.24) is 10.6 Å². The number of hydrogen-bond donors (Lipinski definition) is 4. The van der Waals surface area contributed by atoms with E-state index < -0.39 is 23.3 Å². The molecule has 0 radical (unpaired) electrons. The third kappa shape index (κ3) is 7.15. The zero-order chi connectivity index (χ0) is 13.5. The van der Waals surface area contributed by atoms with Crippen LogP contribution in [0.3, 0.4) is 0 Å². The van der Waals surface area contributed by atoms with Crippen molar-refractivity contribution in [3.8, 4) is 0 Å². The van der Waals surface area contributed by atoms with Gasteiger partial charge in [-0.05, 0) is 20.3 Å². The van der Waals surface area contributed by atoms with Crippen LogP contribution >= 0.6 is 0 Å². The number of aliphatic carboxylic acids is 1. The van der Waals surface area contributed by atoms with E-state index in [1.165, 1.54) is 13.8 Å². The van der Waals surface area contributed by atoms with Gasteiger partial charge in [0.1, 0.15) is 0 Å². The first-order chi connectivity index (χ1) is 7.75. The van der Waals surface area contributed by atoms with Crippen LogP contribution in [0.1, 0.15) is 26.7 Å². The number of urea groups is 1. The van der Waals surface area contributed by atoms with Gasteiger partial charge in [-0.1, -0.05) is 0 Å². The molecule has 0 aliphatic heterocycles. The maximum absolute atomic E-state index is 11.2. The van der Waals surface area contributed by atoms with E-state index in [2.05, 4.69) is 10.6 Å². The lowest BCUT2D eigenvalue weighted by Crippen LogP contribution is -2.43. The number of carbonyl (C=O) groups excluding carboxylic acids is 2. The Balaban J connectivity index is 3.74. The first-order valence-electron chi connectivity index (χ1n) is 5.29. The Morgan fingerprint density at radius 3 is 2.29 bits per heavy atom. The molecule has 0 saturated heterocycles. The molecule has 0 aliphatic rings. The molecular weight excluding hydrogens is 226 g/mol. The normalized spacial score (nSPS) is 10.7. The topological polar surface area (TPSA) is 122 Å². The van der Waals surface area contributed by atoms with Crippen molar-refractivity contribution in [2.45, 2.75) is 26.7 Å². The fraction of sp³-hybridized carbons (Fsp3) is 0.700. The van der Waals surface area contributed by atoms with Gasteiger partial charge >= 0.3 is 12.0 Å². The summed E-state index contributed by atoms with van der Waals surface area (Å²) < 4.78 is 0. The third-order valence-corrected chi connectivity index (χ3v) is 2.16. The molecule has 3 amide bonds. The van der Waals surface area contributed by atoms with Crippen molar-refractivity contribution in [2.24, 2.45) is 11.1 Å². The molecule has 5 N–H and O–H groups in total. The summed E-state index contributed by atoms with van der Waals surface area (Å²) in [7, 11) is 0. The Morgan fingerprint density at radius 1 is 1.24 bits per heavy atom. The van der Waals surface area contributed by atoms with Gasteiger partial charge in [-0.2, -0.15) is 0 Å². The second-order valence-corrected chi connectivity index (χ2v) is 4.37. The molecule has 0 spiro atoms. The number of carboxylic acids is 1. The van der Waals surface area contributed by atoms with E-state index in [1.807, 2.05) is 0 Å². The highest BCUT2D eigenvalue weighted by atomic mass is 16.4. The van der Waals surface area contributed by atoms with E-state index in [-0.39, 0.29) is 13.0 Å². The van der Waals surface area contributed by atoms with Gasteiger partial charge in [-0.25, -0.2) is 4.79 Å². The summed E-state index contributed by atoms with van der Waals surface area (Å²) in [5, 5.41) is 13.8. The van der Waals surface area contributed by atoms with E-state index >= 15 is 0 Å². The van der Waals surface area contributed by atoms with Crippen molar-refractivity contribution in [1.29, 1.82) is 0 Å². The molecule has 7 heteroatoms. The molecule has 0 heterocycles. The van der Waals surface area contributed by atoms with Crippen LogP contribution in [0.5, 0.6) is 0 Å². The molecule has 0 aliphatic carbocycles. The Bertz CT molecular complexity index is 302. The Hall–Kier alpha value is -1.79. The number of hydrogen-bond acceptors (Lipinski definition) is 3. The molecule has 0 fully saturated rings. The fourth-order valence-electron chi connectivity index (χ4n) is 0.904. The monoisotopic (exact) mass is 245 g/mol. The maximum Gasteiger partial charge on any atom is 0.314 e. The molecule has 0 saturated carbocycles. The van der Waals surface area contributed by atoms with Gasteiger partial charge < -0.3 is 21.5 Å². The van der Waals surface area contributed by atoms with Gasteiger partial charge in [-0.3, -0.25) is 9.59 Å². The summed E-state index contributed by atoms with van der Waals surface area (Å²) in [6.45, 7) is 3.39. The number of carboxylic acid groups (broad SMARTS) is 1. The molecular formula is C10H19N3O4. The summed E-state index contributed by atoms with van der Waals surface area (Å²) in [5.41, 5.74) is 3.92. The predicted octanol–water partition coefficient (Wildman–Crippen LogP) is -0.338. The lowest BCUT2D eigenvalue weighted by Gasteiger charge is -2.19. The molecule has 17 heavy (non-hydrogen) atoms. The lowest BCUT2D eigenvalue weighted by atomic mass is 9.94. The van der Waals surface area contributed by atoms with Crippen molar-refractivity contribution >= 4 is 17.9 Å². The van der Waals surface area contributed by atoms with Crippen LogP contribution in [0, 0.1) is 5.41 Å². The van der Waals surface area contributed by atoms with Gasteiger partial charge in [-0.15, -0.1) is 0 Å². The summed E-state index contributed by atoms with van der Waals surface area (Å²) in [6, 6.07) is -0.455. The number of nitrogens with two attached hydrogens (primary N) is 1. The van der Waals surface area contributed by atoms with E-state index in [0.717, 1.165) is 0 Å². The van der Waals surface area contributed by atoms with Gasteiger partial charge in [0.25, 0.3) is 0 Å². The van der Waals surface area contributed by atoms with Gasteiger partial charge in [0.15, 0.2) is 0 Å². The Morgan fingerprint density at radius 2 is 1.82 bits per heavy atom. The third-order valence-electron chi connectivity index (χ3n) is 2.16. The van der Waals surface area contributed by atoms with E-state index in [9.17, 15) is 14.4 Å². The van der Waals surface area contributed by atoms with Gasteiger partial charge in [0.2, 0.25) is 5.91 Å². The second-order valence-electron chi connectivity index (χ2n) is 4.37. The van der Waals surface area contributed by atoms with Crippen LogP contribution in [-0.2, 0) is 9.59 Å². The average Bonchev–Trinajstić information content (AvgIpc) is 2.21. The minimum absolute atomic E-state index is 0.0317. The molecule has 0 unspecified atom stereocenters. The smallest absolute Gasteiger partial charge is 0.314 e. The zero-order valence-corrected chi connectivity index (χ0v) is 10.1. The maximum atomic E-state index is 11.2. The van der Waals surface area contributed by atoms with Crippen LogP contribution in [-0.4, -0.2) is 36.1 Å². The average molecular weight is 245 g/mol. The summed E-state index contributed by atoms with van der Waals surface area (Å²) in [5.74, 6) is -1.40. The van der Waals surface area contributed by atoms with E-state index in [4.69, 9.17) is 10.8 Å². The highest BCUT2D eigenvalue weighted by Gasteiger charge is 2.27. The van der Waals surface area contributed by atoms with Crippen LogP contribution < -0.4 is 16.4 Å². The van der Waals surface area contributed by atoms with Crippen molar-refractivity contribution in [3.63, 3.8) is 0 Å². The molecule has 0 aromatic heterocycles. The zero-order valence-electron chi connectivity index (χ0n) is 10.1. The first-order valence-corrected chi connectivity index (χ1v) is 5.29. The van der Waals surface area contributed by atoms with Crippen LogP contribution in [0.15, 0.2) is 0 Å². The number of amides is 3. The highest BCUT2D eigenvalue weighted by molar-refractivity contribution is 5.77. The molecule has 0 aromatic carbocycles. The van der Waals surface area contributed by atoms with Crippen molar-refractivity contribution in [3.05, 3.63) is 0 Å². The lowest BCUT2D eigenvalue weighted by molar-refractivity contribution is -0.146. The Kier molecular flexibility index (Phi) is 6.01. The molecule has 98 valence electrons. The summed E-state index contributed by atoms with van der Waals surface area (Å²) >= 11 is 0. The molecule has 0 atom stereocenters. The largest absolute Gasteiger partial charge is 0.481 e. The van der Waals surface area contributed by atoms with Crippen molar-refractivity contribution in [2.75, 3.05) is 13.1 Å². The summed E-state index contributed by atoms with van der Waals surface area (Å²) in [6.07, 6.45) is 0.673. The van der Waals surface area contributed by atoms with Crippen LogP contribution in [0.25, 0.3) is 0 Å². The quantitative estimate of drug-likeness (QED) is 0.458. The van der Waals surface area contributed by atoms with E-state index in [1.54, 1.807) is 0 Å². The van der Waals surface area contributed by atoms with Crippen LogP contribution in [0.2, 0.25) is 0 Å². The SMILES string of the molecule is CC(C)(CNC(=O)NCCCC(N)=O)C(=O)O. The fourth-order valence-corrected chi connectivity index (χ4v) is 0.904. The molecule has 0 rings (SSSR count). The number of primary amides is 1. The number of nitrogens with one attached hydrogen (secondary N) is 2. The summed E-state index contributed by atoms with van der Waals surface area (Å²) in [4.78, 5) is 32.4. The molecule has 0 aromatic rings. The second kappa shape index (κ2) is 6.72. The number of rotatable bonds is 7. The molecule has 7 nitrogen and oxygen atoms in total. The Labute approximate surface area is 99.7 Å². The van der Waals surface area contributed by atoms with Gasteiger partial charge in [0.05, 0.1) is 5.41 Å². The van der Waals surface area contributed by atoms with Crippen LogP contribution in [0.4, 0.5) is 4.79 Å². The van der Waals surface area contributed by atoms with Crippen molar-refractivity contribution < 1.29 is 19.5 Å². The predicted molar refractivity (Wildman–Crippen MR) is 61.2 cm³/mol. The minimum atomic E-state index is -1.01. The van der Waals surface area contributed by atoms with Gasteiger partial charge in [0, 0.05) is 19.5 Å². The molecule has 0 bridgehead atoms. The highest BCUT2D eigenvalue weighted by Crippen LogP contribution is 2.12. The minimum Gasteiger partial charge on any atom is -0.481 e. The van der Waals surface area contributed by atoms with E-state index in [0.29, 0.717) is 13.0 Å².